The summed E-state index contributed by atoms with van der Waals surface area (Å²) >= 11 is 0. The Kier molecular flexibility index (Phi) is 7.50. The minimum Gasteiger partial charge on any atom is -0.382 e. The van der Waals surface area contributed by atoms with Gasteiger partial charge in [0.05, 0.1) is 6.54 Å². The Morgan fingerprint density at radius 3 is 3.11 bits per heavy atom. The van der Waals surface area contributed by atoms with Crippen molar-refractivity contribution in [2.24, 2.45) is 10.8 Å². The lowest BCUT2D eigenvalue weighted by molar-refractivity contribution is 0.145. The van der Waals surface area contributed by atoms with E-state index in [0.29, 0.717) is 12.5 Å². The molecule has 0 spiro atoms. The van der Waals surface area contributed by atoms with E-state index >= 15 is 0 Å². The molecule has 0 fully saturated rings. The zero-order valence-electron chi connectivity index (χ0n) is 10.7. The first-order valence-corrected chi connectivity index (χ1v) is 6.08. The Labute approximate surface area is 108 Å². The van der Waals surface area contributed by atoms with Crippen LogP contribution < -0.4 is 16.6 Å². The molecule has 1 aromatic rings. The van der Waals surface area contributed by atoms with Crippen LogP contribution in [0.1, 0.15) is 18.9 Å². The highest BCUT2D eigenvalue weighted by Gasteiger charge is 1.96. The van der Waals surface area contributed by atoms with Gasteiger partial charge >= 0.3 is 0 Å². The molecule has 0 aromatic carbocycles. The second-order valence-electron chi connectivity index (χ2n) is 3.65. The van der Waals surface area contributed by atoms with E-state index in [9.17, 15) is 0 Å². The van der Waals surface area contributed by atoms with E-state index in [1.807, 2.05) is 19.1 Å². The Balaban J connectivity index is 2.27. The number of hydrogen-bond donors (Lipinski definition) is 3. The van der Waals surface area contributed by atoms with E-state index < -0.39 is 0 Å². The molecule has 0 bridgehead atoms. The largest absolute Gasteiger partial charge is 0.382 e. The van der Waals surface area contributed by atoms with E-state index in [1.165, 1.54) is 0 Å². The van der Waals surface area contributed by atoms with Crippen molar-refractivity contribution < 1.29 is 4.74 Å². The maximum atomic E-state index is 5.39. The monoisotopic (exact) mass is 251 g/mol. The molecular weight excluding hydrogens is 230 g/mol. The fraction of sp³-hybridized carbons (Fsp3) is 0.500. The zero-order chi connectivity index (χ0) is 13.1. The van der Waals surface area contributed by atoms with Crippen LogP contribution in [0.2, 0.25) is 0 Å². The van der Waals surface area contributed by atoms with Crippen molar-refractivity contribution in [1.29, 1.82) is 0 Å². The summed E-state index contributed by atoms with van der Waals surface area (Å²) in [7, 11) is 0. The first-order valence-electron chi connectivity index (χ1n) is 6.08. The lowest BCUT2D eigenvalue weighted by Crippen LogP contribution is -2.42. The predicted octanol–water partition coefficient (Wildman–Crippen LogP) is 0.417. The average molecular weight is 251 g/mol. The molecular formula is C12H21N5O. The third kappa shape index (κ3) is 6.17. The van der Waals surface area contributed by atoms with Crippen LogP contribution in [-0.4, -0.2) is 30.7 Å². The van der Waals surface area contributed by atoms with Gasteiger partial charge in [-0.1, -0.05) is 6.07 Å². The molecule has 1 aromatic heterocycles. The van der Waals surface area contributed by atoms with Crippen molar-refractivity contribution >= 4 is 5.96 Å². The molecule has 18 heavy (non-hydrogen) atoms. The number of pyridine rings is 1. The van der Waals surface area contributed by atoms with E-state index in [-0.39, 0.29) is 0 Å². The summed E-state index contributed by atoms with van der Waals surface area (Å²) in [5.74, 6) is 5.97. The van der Waals surface area contributed by atoms with Crippen LogP contribution >= 0.6 is 0 Å². The lowest BCUT2D eigenvalue weighted by atomic mass is 10.3. The van der Waals surface area contributed by atoms with Gasteiger partial charge in [0, 0.05) is 32.2 Å². The normalized spacial score (nSPS) is 11.3. The highest BCUT2D eigenvalue weighted by atomic mass is 16.5. The molecule has 0 saturated carbocycles. The summed E-state index contributed by atoms with van der Waals surface area (Å²) in [6, 6.07) is 3.86. The molecule has 0 radical (unpaired) electrons. The predicted molar refractivity (Wildman–Crippen MR) is 71.8 cm³/mol. The topological polar surface area (TPSA) is 84.6 Å². The number of hydrazine groups is 1. The van der Waals surface area contributed by atoms with Gasteiger partial charge in [-0.05, 0) is 25.0 Å². The molecule has 0 saturated heterocycles. The molecule has 4 N–H and O–H groups in total. The fourth-order valence-corrected chi connectivity index (χ4v) is 1.34. The van der Waals surface area contributed by atoms with Crippen molar-refractivity contribution in [2.75, 3.05) is 19.8 Å². The van der Waals surface area contributed by atoms with Crippen LogP contribution in [0.15, 0.2) is 29.5 Å². The molecule has 0 aliphatic heterocycles. The Bertz CT molecular complexity index is 342. The Morgan fingerprint density at radius 1 is 1.56 bits per heavy atom. The number of nitrogens with two attached hydrogens (primary N) is 1. The second-order valence-corrected chi connectivity index (χ2v) is 3.65. The van der Waals surface area contributed by atoms with Crippen molar-refractivity contribution in [3.63, 3.8) is 0 Å². The first-order chi connectivity index (χ1) is 8.86. The fourth-order valence-electron chi connectivity index (χ4n) is 1.34. The van der Waals surface area contributed by atoms with E-state index in [2.05, 4.69) is 20.7 Å². The van der Waals surface area contributed by atoms with Gasteiger partial charge in [0.15, 0.2) is 0 Å². The van der Waals surface area contributed by atoms with Crippen LogP contribution in [0.25, 0.3) is 0 Å². The molecule has 0 atom stereocenters. The summed E-state index contributed by atoms with van der Waals surface area (Å²) < 4.78 is 5.24. The van der Waals surface area contributed by atoms with Gasteiger partial charge in [-0.15, -0.1) is 0 Å². The molecule has 1 heterocycles. The minimum atomic E-state index is 0.547. The van der Waals surface area contributed by atoms with E-state index in [4.69, 9.17) is 10.6 Å². The van der Waals surface area contributed by atoms with Gasteiger partial charge in [0.2, 0.25) is 5.96 Å². The first kappa shape index (κ1) is 14.4. The number of nitrogens with zero attached hydrogens (tertiary/aromatic N) is 2. The summed E-state index contributed by atoms with van der Waals surface area (Å²) in [6.45, 7) is 4.79. The third-order valence-electron chi connectivity index (χ3n) is 2.24. The van der Waals surface area contributed by atoms with Crippen molar-refractivity contribution in [3.8, 4) is 0 Å². The standard InChI is InChI=1S/C12H21N5O/c1-2-18-8-4-7-15-12(17-13)16-10-11-5-3-6-14-9-11/h3,5-6,9H,2,4,7-8,10,13H2,1H3,(H2,15,16,17). The maximum absolute atomic E-state index is 5.39. The summed E-state index contributed by atoms with van der Waals surface area (Å²) in [5, 5.41) is 3.11. The number of rotatable bonds is 7. The summed E-state index contributed by atoms with van der Waals surface area (Å²) in [5.41, 5.74) is 3.58. The van der Waals surface area contributed by atoms with Crippen LogP contribution in [0.3, 0.4) is 0 Å². The average Bonchev–Trinajstić information content (AvgIpc) is 2.43. The molecule has 6 nitrogen and oxygen atoms in total. The summed E-state index contributed by atoms with van der Waals surface area (Å²) in [4.78, 5) is 8.35. The van der Waals surface area contributed by atoms with Crippen molar-refractivity contribution in [2.45, 2.75) is 19.9 Å². The molecule has 0 aliphatic carbocycles. The van der Waals surface area contributed by atoms with E-state index in [1.54, 1.807) is 12.4 Å². The summed E-state index contributed by atoms with van der Waals surface area (Å²) in [6.07, 6.45) is 4.44. The number of ether oxygens (including phenoxy) is 1. The number of aliphatic imine (C=N–C) groups is 1. The SMILES string of the molecule is CCOCCCNC(=NCc1cccnc1)NN. The zero-order valence-corrected chi connectivity index (χ0v) is 10.7. The quantitative estimate of drug-likeness (QED) is 0.215. The van der Waals surface area contributed by atoms with Gasteiger partial charge in [0.1, 0.15) is 0 Å². The van der Waals surface area contributed by atoms with Crippen molar-refractivity contribution in [3.05, 3.63) is 30.1 Å². The van der Waals surface area contributed by atoms with Gasteiger partial charge in [-0.2, -0.15) is 0 Å². The van der Waals surface area contributed by atoms with Crippen LogP contribution in [0.5, 0.6) is 0 Å². The van der Waals surface area contributed by atoms with Crippen LogP contribution in [-0.2, 0) is 11.3 Å². The van der Waals surface area contributed by atoms with E-state index in [0.717, 1.165) is 31.7 Å². The molecule has 0 amide bonds. The lowest BCUT2D eigenvalue weighted by Gasteiger charge is -2.09. The number of guanidine groups is 1. The van der Waals surface area contributed by atoms with Crippen molar-refractivity contribution in [1.82, 2.24) is 15.7 Å². The Hall–Kier alpha value is -1.66. The van der Waals surface area contributed by atoms with Gasteiger partial charge in [-0.3, -0.25) is 10.4 Å². The highest BCUT2D eigenvalue weighted by Crippen LogP contribution is 1.97. The maximum Gasteiger partial charge on any atom is 0.206 e. The minimum absolute atomic E-state index is 0.547. The van der Waals surface area contributed by atoms with Crippen LogP contribution in [0.4, 0.5) is 0 Å². The number of aromatic nitrogens is 1. The highest BCUT2D eigenvalue weighted by molar-refractivity contribution is 5.79. The van der Waals surface area contributed by atoms with Crippen LogP contribution in [0, 0.1) is 0 Å². The molecule has 6 heteroatoms. The molecule has 0 unspecified atom stereocenters. The molecule has 1 rings (SSSR count). The van der Waals surface area contributed by atoms with Gasteiger partial charge in [0.25, 0.3) is 0 Å². The van der Waals surface area contributed by atoms with Gasteiger partial charge < -0.3 is 10.1 Å². The smallest absolute Gasteiger partial charge is 0.206 e. The Morgan fingerprint density at radius 2 is 2.44 bits per heavy atom. The number of hydrogen-bond acceptors (Lipinski definition) is 4. The second kappa shape index (κ2) is 9.38. The third-order valence-corrected chi connectivity index (χ3v) is 2.24. The molecule has 100 valence electrons. The van der Waals surface area contributed by atoms with Gasteiger partial charge in [-0.25, -0.2) is 10.8 Å². The molecule has 0 aliphatic rings. The number of nitrogens with one attached hydrogen (secondary N) is 2.